The number of piperidine rings is 1. The van der Waals surface area contributed by atoms with Crippen LogP contribution in [0.2, 0.25) is 5.02 Å². The zero-order valence-electron chi connectivity index (χ0n) is 15.1. The normalized spacial score (nSPS) is 19.0. The van der Waals surface area contributed by atoms with Gasteiger partial charge in [0.05, 0.1) is 0 Å². The fourth-order valence-electron chi connectivity index (χ4n) is 3.29. The first-order chi connectivity index (χ1) is 12.4. The Balaban J connectivity index is 1.78. The lowest BCUT2D eigenvalue weighted by Crippen LogP contribution is -2.45. The lowest BCUT2D eigenvalue weighted by Gasteiger charge is -2.33. The monoisotopic (exact) mass is 393 g/mol. The molecule has 0 bridgehead atoms. The quantitative estimate of drug-likeness (QED) is 0.783. The molecular formula is C19H24ClN3O2S. The van der Waals surface area contributed by atoms with E-state index < -0.39 is 10.2 Å². The summed E-state index contributed by atoms with van der Waals surface area (Å²) in [5.74, 6) is 0.115. The van der Waals surface area contributed by atoms with E-state index in [4.69, 9.17) is 16.6 Å². The summed E-state index contributed by atoms with van der Waals surface area (Å²) in [4.78, 5) is 4.80. The number of aromatic nitrogens is 1. The lowest BCUT2D eigenvalue weighted by molar-refractivity contribution is 0.296. The van der Waals surface area contributed by atoms with Gasteiger partial charge in [0.15, 0.2) is 0 Å². The molecule has 2 aromatic rings. The van der Waals surface area contributed by atoms with Gasteiger partial charge in [0.1, 0.15) is 0 Å². The van der Waals surface area contributed by atoms with Crippen molar-refractivity contribution in [3.63, 3.8) is 0 Å². The van der Waals surface area contributed by atoms with Gasteiger partial charge >= 0.3 is 0 Å². The fourth-order valence-corrected chi connectivity index (χ4v) is 4.68. The van der Waals surface area contributed by atoms with Crippen LogP contribution >= 0.6 is 11.6 Å². The Morgan fingerprint density at radius 3 is 2.69 bits per heavy atom. The van der Waals surface area contributed by atoms with Crippen molar-refractivity contribution < 1.29 is 8.42 Å². The molecule has 140 valence electrons. The first-order valence-electron chi connectivity index (χ1n) is 8.75. The van der Waals surface area contributed by atoms with Crippen molar-refractivity contribution in [2.75, 3.05) is 27.2 Å². The topological polar surface area (TPSA) is 53.5 Å². The Morgan fingerprint density at radius 1 is 1.19 bits per heavy atom. The van der Waals surface area contributed by atoms with Gasteiger partial charge in [-0.3, -0.25) is 4.98 Å². The number of nitrogens with zero attached hydrogens (tertiary/aromatic N) is 3. The van der Waals surface area contributed by atoms with Crippen LogP contribution in [0.3, 0.4) is 0 Å². The third-order valence-electron chi connectivity index (χ3n) is 4.75. The summed E-state index contributed by atoms with van der Waals surface area (Å²) in [7, 11) is -0.242. The molecule has 1 aromatic heterocycles. The molecule has 1 atom stereocenters. The van der Waals surface area contributed by atoms with Gasteiger partial charge < -0.3 is 0 Å². The molecule has 0 radical (unpaired) electrons. The summed E-state index contributed by atoms with van der Waals surface area (Å²) in [6.07, 6.45) is 2.45. The van der Waals surface area contributed by atoms with Gasteiger partial charge in [-0.1, -0.05) is 35.9 Å². The summed E-state index contributed by atoms with van der Waals surface area (Å²) in [6, 6.07) is 13.7. The molecule has 2 heterocycles. The highest BCUT2D eigenvalue weighted by Crippen LogP contribution is 2.28. The van der Waals surface area contributed by atoms with Crippen LogP contribution in [-0.2, 0) is 16.6 Å². The molecule has 1 aromatic carbocycles. The van der Waals surface area contributed by atoms with E-state index in [-0.39, 0.29) is 5.92 Å². The molecule has 1 aliphatic rings. The Kier molecular flexibility index (Phi) is 5.97. The Morgan fingerprint density at radius 2 is 1.96 bits per heavy atom. The predicted molar refractivity (Wildman–Crippen MR) is 105 cm³/mol. The van der Waals surface area contributed by atoms with E-state index in [0.717, 1.165) is 34.8 Å². The van der Waals surface area contributed by atoms with Crippen LogP contribution in [0.4, 0.5) is 0 Å². The number of hydrogen-bond acceptors (Lipinski definition) is 3. The Hall–Kier alpha value is -1.47. The number of hydrogen-bond donors (Lipinski definition) is 0. The summed E-state index contributed by atoms with van der Waals surface area (Å²) >= 11 is 6.26. The molecule has 5 nitrogen and oxygen atoms in total. The van der Waals surface area contributed by atoms with Crippen molar-refractivity contribution in [1.29, 1.82) is 0 Å². The van der Waals surface area contributed by atoms with Gasteiger partial charge in [0.2, 0.25) is 0 Å². The molecule has 0 spiro atoms. The van der Waals surface area contributed by atoms with Crippen LogP contribution in [0, 0.1) is 0 Å². The summed E-state index contributed by atoms with van der Waals surface area (Å²) in [5, 5.41) is 0.737. The maximum atomic E-state index is 12.4. The van der Waals surface area contributed by atoms with Crippen molar-refractivity contribution in [3.05, 3.63) is 64.4 Å². The van der Waals surface area contributed by atoms with E-state index in [1.165, 1.54) is 4.31 Å². The molecule has 0 aliphatic carbocycles. The molecule has 7 heteroatoms. The average molecular weight is 394 g/mol. The molecule has 1 saturated heterocycles. The summed E-state index contributed by atoms with van der Waals surface area (Å²) in [5.41, 5.74) is 2.94. The molecule has 26 heavy (non-hydrogen) atoms. The third-order valence-corrected chi connectivity index (χ3v) is 7.02. The van der Waals surface area contributed by atoms with E-state index in [1.807, 2.05) is 42.5 Å². The van der Waals surface area contributed by atoms with Crippen molar-refractivity contribution in [1.82, 2.24) is 13.6 Å². The van der Waals surface area contributed by atoms with Crippen molar-refractivity contribution in [2.45, 2.75) is 25.2 Å². The molecule has 0 unspecified atom stereocenters. The summed E-state index contributed by atoms with van der Waals surface area (Å²) in [6.45, 7) is 1.04. The van der Waals surface area contributed by atoms with Gasteiger partial charge in [-0.25, -0.2) is 0 Å². The zero-order chi connectivity index (χ0) is 18.7. The largest absolute Gasteiger partial charge is 0.281 e. The highest BCUT2D eigenvalue weighted by molar-refractivity contribution is 7.86. The van der Waals surface area contributed by atoms with Crippen LogP contribution in [0.5, 0.6) is 0 Å². The van der Waals surface area contributed by atoms with Crippen LogP contribution in [0.15, 0.2) is 42.5 Å². The zero-order valence-corrected chi connectivity index (χ0v) is 16.7. The van der Waals surface area contributed by atoms with Crippen LogP contribution in [-0.4, -0.2) is 49.2 Å². The van der Waals surface area contributed by atoms with E-state index in [0.29, 0.717) is 19.5 Å². The van der Waals surface area contributed by atoms with E-state index in [1.54, 1.807) is 18.4 Å². The van der Waals surface area contributed by atoms with Gasteiger partial charge in [0, 0.05) is 55.9 Å². The standard InChI is InChI=1S/C19H24ClN3O2S/c1-22(2)26(24,25)23-12-6-8-16(14-23)19-11-5-9-17(21-19)13-15-7-3-4-10-18(15)20/h3-5,7,9-11,16H,6,8,12-14H2,1-2H3/t16-/m0/s1. The Labute approximate surface area is 160 Å². The maximum Gasteiger partial charge on any atom is 0.281 e. The number of rotatable bonds is 5. The third kappa shape index (κ3) is 4.26. The van der Waals surface area contributed by atoms with Crippen LogP contribution in [0.25, 0.3) is 0 Å². The SMILES string of the molecule is CN(C)S(=O)(=O)N1CCC[C@H](c2cccc(Cc3ccccc3Cl)n2)C1. The van der Waals surface area contributed by atoms with Gasteiger partial charge in [-0.2, -0.15) is 17.0 Å². The predicted octanol–water partition coefficient (Wildman–Crippen LogP) is 3.31. The van der Waals surface area contributed by atoms with Gasteiger partial charge in [-0.15, -0.1) is 0 Å². The van der Waals surface area contributed by atoms with Crippen LogP contribution in [0.1, 0.15) is 35.7 Å². The molecular weight excluding hydrogens is 370 g/mol. The number of halogens is 1. The molecule has 0 N–H and O–H groups in total. The summed E-state index contributed by atoms with van der Waals surface area (Å²) < 4.78 is 27.7. The minimum atomic E-state index is -3.38. The first kappa shape index (κ1) is 19.3. The van der Waals surface area contributed by atoms with E-state index in [9.17, 15) is 8.42 Å². The lowest BCUT2D eigenvalue weighted by atomic mass is 9.95. The average Bonchev–Trinajstić information content (AvgIpc) is 2.64. The second-order valence-electron chi connectivity index (χ2n) is 6.81. The highest BCUT2D eigenvalue weighted by Gasteiger charge is 2.31. The molecule has 0 saturated carbocycles. The minimum Gasteiger partial charge on any atom is -0.257 e. The van der Waals surface area contributed by atoms with Crippen molar-refractivity contribution >= 4 is 21.8 Å². The smallest absolute Gasteiger partial charge is 0.257 e. The minimum absolute atomic E-state index is 0.115. The highest BCUT2D eigenvalue weighted by atomic mass is 35.5. The first-order valence-corrected chi connectivity index (χ1v) is 10.5. The number of benzene rings is 1. The van der Waals surface area contributed by atoms with Gasteiger partial charge in [0.25, 0.3) is 10.2 Å². The second-order valence-corrected chi connectivity index (χ2v) is 9.36. The van der Waals surface area contributed by atoms with Crippen molar-refractivity contribution in [2.24, 2.45) is 0 Å². The van der Waals surface area contributed by atoms with Crippen molar-refractivity contribution in [3.8, 4) is 0 Å². The fraction of sp³-hybridized carbons (Fsp3) is 0.421. The molecule has 3 rings (SSSR count). The molecule has 1 fully saturated rings. The molecule has 0 amide bonds. The number of pyridine rings is 1. The Bertz CT molecular complexity index is 871. The van der Waals surface area contributed by atoms with Crippen LogP contribution < -0.4 is 0 Å². The molecule has 1 aliphatic heterocycles. The van der Waals surface area contributed by atoms with E-state index in [2.05, 4.69) is 0 Å². The van der Waals surface area contributed by atoms with Gasteiger partial charge in [-0.05, 0) is 36.6 Å². The van der Waals surface area contributed by atoms with E-state index >= 15 is 0 Å². The maximum absolute atomic E-state index is 12.4. The second kappa shape index (κ2) is 8.05.